The van der Waals surface area contributed by atoms with Crippen LogP contribution < -0.4 is 9.47 Å². The zero-order valence-corrected chi connectivity index (χ0v) is 13.0. The first kappa shape index (κ1) is 14.4. The van der Waals surface area contributed by atoms with Gasteiger partial charge >= 0.3 is 0 Å². The summed E-state index contributed by atoms with van der Waals surface area (Å²) in [7, 11) is 0. The van der Waals surface area contributed by atoms with Gasteiger partial charge in [0.05, 0.1) is 12.1 Å². The quantitative estimate of drug-likeness (QED) is 0.806. The molecule has 0 atom stereocenters. The minimum absolute atomic E-state index is 0.0748. The van der Waals surface area contributed by atoms with Gasteiger partial charge in [0, 0.05) is 18.1 Å². The van der Waals surface area contributed by atoms with Gasteiger partial charge in [-0.3, -0.25) is 9.59 Å². The molecule has 0 spiro atoms. The highest BCUT2D eigenvalue weighted by molar-refractivity contribution is 6.16. The van der Waals surface area contributed by atoms with Crippen LogP contribution in [0.1, 0.15) is 23.6 Å². The number of carbonyl (C=O) groups excluding carboxylic acids is 2. The number of amides is 2. The molecule has 0 unspecified atom stereocenters. The second-order valence-electron chi connectivity index (χ2n) is 5.58. The average Bonchev–Trinajstić information content (AvgIpc) is 2.97. The van der Waals surface area contributed by atoms with Crippen molar-refractivity contribution in [3.63, 3.8) is 0 Å². The molecule has 4 rings (SSSR count). The maximum absolute atomic E-state index is 12.4. The largest absolute Gasteiger partial charge is 0.454 e. The molecule has 2 aliphatic heterocycles. The minimum Gasteiger partial charge on any atom is -0.454 e. The summed E-state index contributed by atoms with van der Waals surface area (Å²) in [5.41, 5.74) is 2.90. The molecule has 0 saturated carbocycles. The van der Waals surface area contributed by atoms with Crippen LogP contribution in [0.2, 0.25) is 0 Å². The van der Waals surface area contributed by atoms with Crippen molar-refractivity contribution in [2.75, 3.05) is 6.79 Å². The lowest BCUT2D eigenvalue weighted by Crippen LogP contribution is -2.31. The minimum atomic E-state index is -0.415. The van der Waals surface area contributed by atoms with E-state index in [1.54, 1.807) is 6.07 Å². The van der Waals surface area contributed by atoms with Gasteiger partial charge in [-0.1, -0.05) is 30.3 Å². The molecular weight excluding hydrogens is 308 g/mol. The highest BCUT2D eigenvalue weighted by Crippen LogP contribution is 2.37. The van der Waals surface area contributed by atoms with E-state index >= 15 is 0 Å². The fourth-order valence-electron chi connectivity index (χ4n) is 2.85. The second kappa shape index (κ2) is 5.49. The number of hydrogen-bond donors (Lipinski definition) is 0. The summed E-state index contributed by atoms with van der Waals surface area (Å²) in [6.07, 6.45) is 0.0748. The summed E-state index contributed by atoms with van der Waals surface area (Å²) in [4.78, 5) is 24.3. The molecule has 2 aliphatic rings. The van der Waals surface area contributed by atoms with Gasteiger partial charge in [-0.2, -0.15) is 10.1 Å². The Morgan fingerprint density at radius 1 is 1.12 bits per heavy atom. The predicted octanol–water partition coefficient (Wildman–Crippen LogP) is 2.10. The third-order valence-corrected chi connectivity index (χ3v) is 3.98. The molecule has 0 aromatic heterocycles. The number of fused-ring (bicyclic) bond motifs is 2. The fraction of sp³-hybridized carbons (Fsp3) is 0.167. The monoisotopic (exact) mass is 322 g/mol. The molecule has 0 fully saturated rings. The van der Waals surface area contributed by atoms with E-state index in [1.807, 2.05) is 36.4 Å². The first-order valence-corrected chi connectivity index (χ1v) is 7.54. The first-order chi connectivity index (χ1) is 11.6. The Balaban J connectivity index is 1.95. The van der Waals surface area contributed by atoms with Crippen LogP contribution >= 0.6 is 0 Å². The van der Waals surface area contributed by atoms with Crippen LogP contribution in [0.3, 0.4) is 0 Å². The van der Waals surface area contributed by atoms with Crippen LogP contribution in [0.15, 0.2) is 47.6 Å². The lowest BCUT2D eigenvalue weighted by atomic mass is 9.95. The summed E-state index contributed by atoms with van der Waals surface area (Å²) < 4.78 is 10.8. The lowest BCUT2D eigenvalue weighted by Gasteiger charge is -2.12. The fourth-order valence-corrected chi connectivity index (χ4v) is 2.85. The smallest absolute Gasteiger partial charge is 0.254 e. The van der Waals surface area contributed by atoms with Gasteiger partial charge < -0.3 is 9.47 Å². The molecule has 0 radical (unpaired) electrons. The Morgan fingerprint density at radius 2 is 1.83 bits per heavy atom. The number of hydrazone groups is 1. The molecule has 0 saturated heterocycles. The van der Waals surface area contributed by atoms with Crippen molar-refractivity contribution in [1.82, 2.24) is 5.01 Å². The van der Waals surface area contributed by atoms with Crippen molar-refractivity contribution < 1.29 is 19.1 Å². The van der Waals surface area contributed by atoms with Crippen molar-refractivity contribution >= 4 is 17.5 Å². The number of nitrogens with zero attached hydrogens (tertiary/aromatic N) is 2. The van der Waals surface area contributed by atoms with Crippen molar-refractivity contribution in [3.8, 4) is 11.5 Å². The van der Waals surface area contributed by atoms with Crippen molar-refractivity contribution in [2.24, 2.45) is 5.10 Å². The number of benzene rings is 2. The van der Waals surface area contributed by atoms with Gasteiger partial charge in [0.1, 0.15) is 0 Å². The number of hydrogen-bond acceptors (Lipinski definition) is 5. The SMILES string of the molecule is CC(=O)N1N=C(c2ccccc2)c2cc3c(cc2CC1=O)OCO3. The van der Waals surface area contributed by atoms with E-state index in [0.29, 0.717) is 17.2 Å². The topological polar surface area (TPSA) is 68.2 Å². The molecule has 2 aromatic rings. The molecule has 6 nitrogen and oxygen atoms in total. The Hall–Kier alpha value is -3.15. The van der Waals surface area contributed by atoms with E-state index in [0.717, 1.165) is 21.7 Å². The van der Waals surface area contributed by atoms with Crippen molar-refractivity contribution in [3.05, 3.63) is 59.2 Å². The highest BCUT2D eigenvalue weighted by Gasteiger charge is 2.29. The van der Waals surface area contributed by atoms with Crippen LogP contribution in [0.4, 0.5) is 0 Å². The molecule has 24 heavy (non-hydrogen) atoms. The summed E-state index contributed by atoms with van der Waals surface area (Å²) >= 11 is 0. The molecule has 6 heteroatoms. The second-order valence-corrected chi connectivity index (χ2v) is 5.58. The maximum atomic E-state index is 12.4. The number of rotatable bonds is 1. The predicted molar refractivity (Wildman–Crippen MR) is 85.9 cm³/mol. The zero-order chi connectivity index (χ0) is 16.7. The number of carbonyl (C=O) groups is 2. The van der Waals surface area contributed by atoms with E-state index in [-0.39, 0.29) is 19.1 Å². The van der Waals surface area contributed by atoms with Gasteiger partial charge in [-0.15, -0.1) is 0 Å². The first-order valence-electron chi connectivity index (χ1n) is 7.54. The summed E-state index contributed by atoms with van der Waals surface area (Å²) in [6.45, 7) is 1.48. The number of ether oxygens (including phenoxy) is 2. The van der Waals surface area contributed by atoms with Crippen LogP contribution in [0.25, 0.3) is 0 Å². The van der Waals surface area contributed by atoms with Crippen LogP contribution in [-0.4, -0.2) is 29.3 Å². The summed E-state index contributed by atoms with van der Waals surface area (Å²) in [6, 6.07) is 13.1. The third kappa shape index (κ3) is 2.32. The van der Waals surface area contributed by atoms with Gasteiger partial charge in [0.2, 0.25) is 12.7 Å². The highest BCUT2D eigenvalue weighted by atomic mass is 16.7. The Kier molecular flexibility index (Phi) is 3.30. The Bertz CT molecular complexity index is 874. The zero-order valence-electron chi connectivity index (χ0n) is 13.0. The summed E-state index contributed by atoms with van der Waals surface area (Å²) in [5, 5.41) is 5.27. The van der Waals surface area contributed by atoms with Crippen molar-refractivity contribution in [2.45, 2.75) is 13.3 Å². The van der Waals surface area contributed by atoms with Gasteiger partial charge in [-0.25, -0.2) is 0 Å². The van der Waals surface area contributed by atoms with Crippen LogP contribution in [-0.2, 0) is 16.0 Å². The lowest BCUT2D eigenvalue weighted by molar-refractivity contribution is -0.142. The normalized spacial score (nSPS) is 15.6. The Morgan fingerprint density at radius 3 is 2.54 bits per heavy atom. The molecule has 0 aliphatic carbocycles. The molecule has 2 aromatic carbocycles. The summed E-state index contributed by atoms with van der Waals surface area (Å²) in [5.74, 6) is 0.432. The van der Waals surface area contributed by atoms with E-state index in [9.17, 15) is 9.59 Å². The van der Waals surface area contributed by atoms with Gasteiger partial charge in [0.25, 0.3) is 5.91 Å². The van der Waals surface area contributed by atoms with Gasteiger partial charge in [-0.05, 0) is 17.7 Å². The third-order valence-electron chi connectivity index (χ3n) is 3.98. The molecule has 120 valence electrons. The molecule has 2 amide bonds. The molecule has 2 heterocycles. The number of imide groups is 1. The molecular formula is C18H14N2O4. The standard InChI is InChI=1S/C18H14N2O4/c1-11(21)20-17(22)8-13-7-15-16(24-10-23-15)9-14(13)18(19-20)12-5-3-2-4-6-12/h2-7,9H,8,10H2,1H3. The Labute approximate surface area is 138 Å². The van der Waals surface area contributed by atoms with Crippen LogP contribution in [0.5, 0.6) is 11.5 Å². The molecule has 0 N–H and O–H groups in total. The van der Waals surface area contributed by atoms with E-state index in [2.05, 4.69) is 5.10 Å². The molecule has 0 bridgehead atoms. The van der Waals surface area contributed by atoms with E-state index < -0.39 is 5.91 Å². The van der Waals surface area contributed by atoms with E-state index in [4.69, 9.17) is 9.47 Å². The van der Waals surface area contributed by atoms with Crippen LogP contribution in [0, 0.1) is 0 Å². The van der Waals surface area contributed by atoms with Gasteiger partial charge in [0.15, 0.2) is 11.5 Å². The van der Waals surface area contributed by atoms with Crippen molar-refractivity contribution in [1.29, 1.82) is 0 Å². The average molecular weight is 322 g/mol. The van der Waals surface area contributed by atoms with E-state index in [1.165, 1.54) is 6.92 Å². The maximum Gasteiger partial charge on any atom is 0.254 e.